The lowest BCUT2D eigenvalue weighted by Crippen LogP contribution is -2.34. The summed E-state index contributed by atoms with van der Waals surface area (Å²) in [4.78, 5) is 14.6. The summed E-state index contributed by atoms with van der Waals surface area (Å²) in [6.45, 7) is 4.58. The molecule has 140 valence electrons. The van der Waals surface area contributed by atoms with Crippen molar-refractivity contribution in [2.45, 2.75) is 19.9 Å². The zero-order valence-corrected chi connectivity index (χ0v) is 16.2. The number of carbonyl (C=O) groups excluding carboxylic acids is 1. The Kier molecular flexibility index (Phi) is 5.72. The number of aromatic nitrogens is 1. The first kappa shape index (κ1) is 18.9. The number of aryl methyl sites for hydroxylation is 2. The molecule has 0 radical (unpaired) electrons. The van der Waals surface area contributed by atoms with E-state index in [1.54, 1.807) is 6.07 Å². The molecule has 1 atom stereocenters. The van der Waals surface area contributed by atoms with E-state index >= 15 is 0 Å². The van der Waals surface area contributed by atoms with E-state index in [0.29, 0.717) is 12.3 Å². The molecule has 1 unspecified atom stereocenters. The number of nitrogens with one attached hydrogen (secondary N) is 1. The van der Waals surface area contributed by atoms with Crippen molar-refractivity contribution in [1.82, 2.24) is 15.4 Å². The first-order valence-corrected chi connectivity index (χ1v) is 8.99. The number of nitrogens with zero attached hydrogens (tertiary/aromatic N) is 2. The molecule has 1 heterocycles. The van der Waals surface area contributed by atoms with Gasteiger partial charge >= 0.3 is 0 Å². The molecule has 5 nitrogen and oxygen atoms in total. The van der Waals surface area contributed by atoms with Gasteiger partial charge in [-0.3, -0.25) is 4.79 Å². The average Bonchev–Trinajstić information content (AvgIpc) is 3.14. The van der Waals surface area contributed by atoms with Crippen molar-refractivity contribution in [2.24, 2.45) is 0 Å². The second kappa shape index (κ2) is 8.18. The molecule has 1 amide bonds. The molecule has 1 aromatic heterocycles. The Morgan fingerprint density at radius 3 is 2.22 bits per heavy atom. The number of hydrogen-bond acceptors (Lipinski definition) is 4. The van der Waals surface area contributed by atoms with E-state index in [0.717, 1.165) is 11.1 Å². The quantitative estimate of drug-likeness (QED) is 0.719. The van der Waals surface area contributed by atoms with E-state index < -0.39 is 0 Å². The van der Waals surface area contributed by atoms with E-state index in [4.69, 9.17) is 4.52 Å². The van der Waals surface area contributed by atoms with E-state index in [-0.39, 0.29) is 17.6 Å². The average molecular weight is 363 g/mol. The highest BCUT2D eigenvalue weighted by Gasteiger charge is 2.18. The van der Waals surface area contributed by atoms with Crippen LogP contribution in [0.1, 0.15) is 33.2 Å². The Bertz CT molecular complexity index is 896. The third-order valence-corrected chi connectivity index (χ3v) is 4.62. The van der Waals surface area contributed by atoms with Gasteiger partial charge in [0, 0.05) is 18.2 Å². The van der Waals surface area contributed by atoms with Crippen LogP contribution >= 0.6 is 0 Å². The monoisotopic (exact) mass is 363 g/mol. The minimum absolute atomic E-state index is 0.0815. The fourth-order valence-electron chi connectivity index (χ4n) is 2.90. The maximum Gasteiger partial charge on any atom is 0.273 e. The largest absolute Gasteiger partial charge is 0.355 e. The van der Waals surface area contributed by atoms with Gasteiger partial charge in [0.05, 0.1) is 6.04 Å². The highest BCUT2D eigenvalue weighted by atomic mass is 16.5. The Hall–Kier alpha value is -2.92. The van der Waals surface area contributed by atoms with Crippen LogP contribution in [0.4, 0.5) is 0 Å². The van der Waals surface area contributed by atoms with Gasteiger partial charge in [-0.1, -0.05) is 64.8 Å². The van der Waals surface area contributed by atoms with E-state index in [2.05, 4.69) is 46.6 Å². The number of rotatable bonds is 6. The second-order valence-corrected chi connectivity index (χ2v) is 7.04. The Labute approximate surface area is 160 Å². The molecule has 3 rings (SSSR count). The van der Waals surface area contributed by atoms with Crippen LogP contribution in [0.5, 0.6) is 0 Å². The molecule has 5 heteroatoms. The zero-order valence-electron chi connectivity index (χ0n) is 16.2. The lowest BCUT2D eigenvalue weighted by Gasteiger charge is -2.25. The van der Waals surface area contributed by atoms with Crippen LogP contribution in [0.15, 0.2) is 59.1 Å². The number of hydrogen-bond donors (Lipinski definition) is 1. The summed E-state index contributed by atoms with van der Waals surface area (Å²) in [5.74, 6) is 0.346. The minimum Gasteiger partial charge on any atom is -0.355 e. The molecular formula is C22H25N3O2. The molecule has 0 fully saturated rings. The normalized spacial score (nSPS) is 12.2. The number of likely N-dealkylation sites (N-methyl/N-ethyl adjacent to an activating group) is 1. The Morgan fingerprint density at radius 2 is 1.63 bits per heavy atom. The molecular weight excluding hydrogens is 338 g/mol. The first-order chi connectivity index (χ1) is 12.9. The fourth-order valence-corrected chi connectivity index (χ4v) is 2.90. The third kappa shape index (κ3) is 4.63. The van der Waals surface area contributed by atoms with Crippen molar-refractivity contribution in [2.75, 3.05) is 20.6 Å². The van der Waals surface area contributed by atoms with Crippen LogP contribution in [0.3, 0.4) is 0 Å². The fraction of sp³-hybridized carbons (Fsp3) is 0.273. The van der Waals surface area contributed by atoms with Crippen molar-refractivity contribution in [3.63, 3.8) is 0 Å². The summed E-state index contributed by atoms with van der Waals surface area (Å²) in [7, 11) is 4.00. The number of carbonyl (C=O) groups is 1. The maximum atomic E-state index is 12.5. The molecule has 3 aromatic rings. The van der Waals surface area contributed by atoms with Crippen LogP contribution < -0.4 is 5.32 Å². The molecule has 0 saturated carbocycles. The molecule has 0 aliphatic carbocycles. The minimum atomic E-state index is -0.240. The summed E-state index contributed by atoms with van der Waals surface area (Å²) in [5, 5.41) is 6.89. The van der Waals surface area contributed by atoms with Gasteiger partial charge in [-0.2, -0.15) is 0 Å². The highest BCUT2D eigenvalue weighted by Crippen LogP contribution is 2.21. The van der Waals surface area contributed by atoms with Crippen LogP contribution in [-0.2, 0) is 0 Å². The summed E-state index contributed by atoms with van der Waals surface area (Å²) >= 11 is 0. The molecule has 27 heavy (non-hydrogen) atoms. The smallest absolute Gasteiger partial charge is 0.273 e. The van der Waals surface area contributed by atoms with E-state index in [1.165, 1.54) is 11.1 Å². The van der Waals surface area contributed by atoms with Gasteiger partial charge in [0.1, 0.15) is 0 Å². The lowest BCUT2D eigenvalue weighted by molar-refractivity contribution is 0.0933. The summed E-state index contributed by atoms with van der Waals surface area (Å²) in [6, 6.07) is 18.0. The van der Waals surface area contributed by atoms with Crippen molar-refractivity contribution >= 4 is 5.91 Å². The molecule has 0 aliphatic rings. The van der Waals surface area contributed by atoms with Gasteiger partial charge in [-0.15, -0.1) is 0 Å². The maximum absolute atomic E-state index is 12.5. The van der Waals surface area contributed by atoms with Gasteiger partial charge in [0.15, 0.2) is 11.5 Å². The number of benzene rings is 2. The second-order valence-electron chi connectivity index (χ2n) is 7.04. The van der Waals surface area contributed by atoms with Gasteiger partial charge < -0.3 is 14.7 Å². The van der Waals surface area contributed by atoms with Gasteiger partial charge in [-0.05, 0) is 33.5 Å². The van der Waals surface area contributed by atoms with E-state index in [9.17, 15) is 4.79 Å². The van der Waals surface area contributed by atoms with Gasteiger partial charge in [0.25, 0.3) is 5.91 Å². The molecule has 0 aliphatic heterocycles. The molecule has 1 N–H and O–H groups in total. The van der Waals surface area contributed by atoms with Gasteiger partial charge in [0.2, 0.25) is 0 Å². The first-order valence-electron chi connectivity index (χ1n) is 8.99. The number of amides is 1. The van der Waals surface area contributed by atoms with Crippen LogP contribution in [-0.4, -0.2) is 36.6 Å². The summed E-state index contributed by atoms with van der Waals surface area (Å²) in [5.41, 5.74) is 4.73. The summed E-state index contributed by atoms with van der Waals surface area (Å²) < 4.78 is 5.34. The van der Waals surface area contributed by atoms with Crippen molar-refractivity contribution in [3.8, 4) is 11.3 Å². The Morgan fingerprint density at radius 1 is 1.04 bits per heavy atom. The summed E-state index contributed by atoms with van der Waals surface area (Å²) in [6.07, 6.45) is 0. The predicted molar refractivity (Wildman–Crippen MR) is 107 cm³/mol. The standard InChI is InChI=1S/C22H25N3O2/c1-15-5-9-17(10-6-15)20(25(3)4)14-23-22(26)19-13-21(27-24-19)18-11-7-16(2)8-12-18/h5-13,20H,14H2,1-4H3,(H,23,26). The van der Waals surface area contributed by atoms with Crippen LogP contribution in [0.25, 0.3) is 11.3 Å². The third-order valence-electron chi connectivity index (χ3n) is 4.62. The molecule has 2 aromatic carbocycles. The van der Waals surface area contributed by atoms with Crippen LogP contribution in [0, 0.1) is 13.8 Å². The van der Waals surface area contributed by atoms with Crippen LogP contribution in [0.2, 0.25) is 0 Å². The highest BCUT2D eigenvalue weighted by molar-refractivity contribution is 5.93. The molecule has 0 saturated heterocycles. The van der Waals surface area contributed by atoms with Crippen molar-refractivity contribution < 1.29 is 9.32 Å². The predicted octanol–water partition coefficient (Wildman–Crippen LogP) is 3.99. The molecule has 0 spiro atoms. The lowest BCUT2D eigenvalue weighted by atomic mass is 10.0. The Balaban J connectivity index is 1.67. The SMILES string of the molecule is Cc1ccc(-c2cc(C(=O)NCC(c3ccc(C)cc3)N(C)C)no2)cc1. The zero-order chi connectivity index (χ0) is 19.4. The van der Waals surface area contributed by atoms with Crippen molar-refractivity contribution in [1.29, 1.82) is 0 Å². The van der Waals surface area contributed by atoms with Gasteiger partial charge in [-0.25, -0.2) is 0 Å². The van der Waals surface area contributed by atoms with Crippen molar-refractivity contribution in [3.05, 3.63) is 77.0 Å². The molecule has 0 bridgehead atoms. The topological polar surface area (TPSA) is 58.4 Å². The van der Waals surface area contributed by atoms with E-state index in [1.807, 2.05) is 45.3 Å².